The second-order valence-corrected chi connectivity index (χ2v) is 4.38. The molecule has 0 saturated heterocycles. The summed E-state index contributed by atoms with van der Waals surface area (Å²) in [5.41, 5.74) is 6.60. The fourth-order valence-electron chi connectivity index (χ4n) is 1.78. The average molecular weight is 287 g/mol. The third kappa shape index (κ3) is 4.31. The van der Waals surface area contributed by atoms with Crippen molar-refractivity contribution in [3.8, 4) is 0 Å². The van der Waals surface area contributed by atoms with Crippen LogP contribution >= 0.6 is 0 Å². The predicted molar refractivity (Wildman–Crippen MR) is 77.2 cm³/mol. The summed E-state index contributed by atoms with van der Waals surface area (Å²) in [6.45, 7) is 0.234. The second-order valence-electron chi connectivity index (χ2n) is 4.38. The van der Waals surface area contributed by atoms with Crippen molar-refractivity contribution in [3.05, 3.63) is 65.5 Å². The van der Waals surface area contributed by atoms with Crippen molar-refractivity contribution in [1.82, 2.24) is 5.32 Å². The Kier molecular flexibility index (Phi) is 4.50. The van der Waals surface area contributed by atoms with Gasteiger partial charge in [-0.2, -0.15) is 0 Å². The molecule has 2 aromatic rings. The van der Waals surface area contributed by atoms with Crippen LogP contribution in [0.3, 0.4) is 0 Å². The fraction of sp³-hybridized carbons (Fsp3) is 0.0667. The van der Waals surface area contributed by atoms with E-state index in [2.05, 4.69) is 10.6 Å². The van der Waals surface area contributed by atoms with E-state index in [0.29, 0.717) is 16.8 Å². The maximum Gasteiger partial charge on any atom is 0.316 e. The van der Waals surface area contributed by atoms with Gasteiger partial charge < -0.3 is 16.4 Å². The summed E-state index contributed by atoms with van der Waals surface area (Å²) in [6.07, 6.45) is 0. The first kappa shape index (κ1) is 14.5. The van der Waals surface area contributed by atoms with Crippen LogP contribution in [-0.2, 0) is 6.54 Å². The zero-order valence-corrected chi connectivity index (χ0v) is 11.1. The number of nitrogens with two attached hydrogens (primary N) is 1. The van der Waals surface area contributed by atoms with Crippen molar-refractivity contribution in [2.45, 2.75) is 6.54 Å². The average Bonchev–Trinajstić information content (AvgIpc) is 2.45. The molecular weight excluding hydrogens is 273 g/mol. The number of amides is 3. The van der Waals surface area contributed by atoms with E-state index in [4.69, 9.17) is 5.73 Å². The number of nitrogens with one attached hydrogen (secondary N) is 2. The number of carbonyl (C=O) groups excluding carboxylic acids is 2. The smallest absolute Gasteiger partial charge is 0.316 e. The normalized spacial score (nSPS) is 9.95. The predicted octanol–water partition coefficient (Wildman–Crippen LogP) is 2.25. The first-order chi connectivity index (χ1) is 10.0. The molecule has 21 heavy (non-hydrogen) atoms. The summed E-state index contributed by atoms with van der Waals surface area (Å²) < 4.78 is 13.0. The number of rotatable bonds is 4. The molecule has 0 aliphatic rings. The molecule has 108 valence electrons. The molecule has 6 heteroatoms. The molecule has 2 rings (SSSR count). The van der Waals surface area contributed by atoms with E-state index in [1.54, 1.807) is 36.4 Å². The quantitative estimate of drug-likeness (QED) is 0.805. The zero-order valence-electron chi connectivity index (χ0n) is 11.1. The molecule has 0 atom stereocenters. The Labute approximate surface area is 121 Å². The van der Waals surface area contributed by atoms with Gasteiger partial charge in [-0.1, -0.05) is 12.1 Å². The van der Waals surface area contributed by atoms with E-state index in [1.807, 2.05) is 0 Å². The highest BCUT2D eigenvalue weighted by Crippen LogP contribution is 2.09. The molecule has 0 heterocycles. The van der Waals surface area contributed by atoms with Crippen LogP contribution in [0.1, 0.15) is 15.9 Å². The third-order valence-electron chi connectivity index (χ3n) is 2.76. The maximum atomic E-state index is 13.0. The van der Waals surface area contributed by atoms with Crippen LogP contribution < -0.4 is 16.4 Å². The van der Waals surface area contributed by atoms with Crippen molar-refractivity contribution in [1.29, 1.82) is 0 Å². The van der Waals surface area contributed by atoms with Gasteiger partial charge in [0.1, 0.15) is 5.82 Å². The number of benzene rings is 2. The van der Waals surface area contributed by atoms with Gasteiger partial charge in [-0.15, -0.1) is 0 Å². The molecule has 0 bridgehead atoms. The summed E-state index contributed by atoms with van der Waals surface area (Å²) in [4.78, 5) is 22.6. The van der Waals surface area contributed by atoms with Gasteiger partial charge in [0.05, 0.1) is 0 Å². The number of halogens is 1. The molecule has 0 saturated carbocycles. The lowest BCUT2D eigenvalue weighted by Crippen LogP contribution is -2.23. The Bertz CT molecular complexity index is 656. The standard InChI is InChI=1S/C15H14FN3O2/c16-12-3-1-2-10(8-12)9-18-14(20)11-4-6-13(7-5-11)19-15(17)21/h1-8H,9H2,(H,18,20)(H3,17,19,21). The monoisotopic (exact) mass is 287 g/mol. The first-order valence-corrected chi connectivity index (χ1v) is 6.24. The lowest BCUT2D eigenvalue weighted by Gasteiger charge is -2.07. The number of primary amides is 1. The van der Waals surface area contributed by atoms with E-state index in [0.717, 1.165) is 0 Å². The number of hydrogen-bond donors (Lipinski definition) is 3. The van der Waals surface area contributed by atoms with E-state index < -0.39 is 6.03 Å². The Hall–Kier alpha value is -2.89. The van der Waals surface area contributed by atoms with Crippen LogP contribution in [0.4, 0.5) is 14.9 Å². The molecule has 5 nitrogen and oxygen atoms in total. The summed E-state index contributed by atoms with van der Waals surface area (Å²) in [6, 6.07) is 11.6. The molecular formula is C15H14FN3O2. The molecule has 0 radical (unpaired) electrons. The first-order valence-electron chi connectivity index (χ1n) is 6.24. The van der Waals surface area contributed by atoms with Crippen molar-refractivity contribution in [3.63, 3.8) is 0 Å². The summed E-state index contributed by atoms with van der Waals surface area (Å²) >= 11 is 0. The van der Waals surface area contributed by atoms with Gasteiger partial charge in [-0.3, -0.25) is 4.79 Å². The molecule has 0 aliphatic carbocycles. The van der Waals surface area contributed by atoms with Gasteiger partial charge in [0.2, 0.25) is 0 Å². The minimum Gasteiger partial charge on any atom is -0.351 e. The minimum absolute atomic E-state index is 0.234. The topological polar surface area (TPSA) is 84.2 Å². The zero-order chi connectivity index (χ0) is 15.2. The molecule has 0 unspecified atom stereocenters. The molecule has 3 amide bonds. The van der Waals surface area contributed by atoms with Gasteiger partial charge in [-0.05, 0) is 42.0 Å². The summed E-state index contributed by atoms with van der Waals surface area (Å²) in [5.74, 6) is -0.631. The fourth-order valence-corrected chi connectivity index (χ4v) is 1.78. The summed E-state index contributed by atoms with van der Waals surface area (Å²) in [5, 5.41) is 5.09. The van der Waals surface area contributed by atoms with Crippen LogP contribution in [0.15, 0.2) is 48.5 Å². The number of urea groups is 1. The molecule has 0 aliphatic heterocycles. The van der Waals surface area contributed by atoms with E-state index in [1.165, 1.54) is 12.1 Å². The van der Waals surface area contributed by atoms with Gasteiger partial charge in [0, 0.05) is 17.8 Å². The maximum absolute atomic E-state index is 13.0. The Morgan fingerprint density at radius 3 is 2.43 bits per heavy atom. The highest BCUT2D eigenvalue weighted by Gasteiger charge is 2.06. The Morgan fingerprint density at radius 2 is 1.81 bits per heavy atom. The van der Waals surface area contributed by atoms with Crippen LogP contribution in [0, 0.1) is 5.82 Å². The number of hydrogen-bond acceptors (Lipinski definition) is 2. The van der Waals surface area contributed by atoms with Gasteiger partial charge in [0.15, 0.2) is 0 Å². The van der Waals surface area contributed by atoms with Crippen LogP contribution in [-0.4, -0.2) is 11.9 Å². The van der Waals surface area contributed by atoms with Gasteiger partial charge in [0.25, 0.3) is 5.91 Å². The van der Waals surface area contributed by atoms with Crippen molar-refractivity contribution in [2.75, 3.05) is 5.32 Å². The lowest BCUT2D eigenvalue weighted by molar-refractivity contribution is 0.0951. The SMILES string of the molecule is NC(=O)Nc1ccc(C(=O)NCc2cccc(F)c2)cc1. The van der Waals surface area contributed by atoms with Crippen LogP contribution in [0.5, 0.6) is 0 Å². The van der Waals surface area contributed by atoms with Crippen LogP contribution in [0.25, 0.3) is 0 Å². The largest absolute Gasteiger partial charge is 0.351 e. The minimum atomic E-state index is -0.668. The molecule has 2 aromatic carbocycles. The van der Waals surface area contributed by atoms with Crippen molar-refractivity contribution in [2.24, 2.45) is 5.73 Å². The van der Waals surface area contributed by atoms with Crippen molar-refractivity contribution < 1.29 is 14.0 Å². The molecule has 0 fully saturated rings. The van der Waals surface area contributed by atoms with E-state index >= 15 is 0 Å². The number of carbonyl (C=O) groups is 2. The highest BCUT2D eigenvalue weighted by atomic mass is 19.1. The highest BCUT2D eigenvalue weighted by molar-refractivity contribution is 5.95. The van der Waals surface area contributed by atoms with Gasteiger partial charge >= 0.3 is 6.03 Å². The number of anilines is 1. The Morgan fingerprint density at radius 1 is 1.10 bits per heavy atom. The van der Waals surface area contributed by atoms with Crippen molar-refractivity contribution >= 4 is 17.6 Å². The molecule has 0 aromatic heterocycles. The molecule has 0 spiro atoms. The van der Waals surface area contributed by atoms with E-state index in [-0.39, 0.29) is 18.3 Å². The Balaban J connectivity index is 1.95. The van der Waals surface area contributed by atoms with E-state index in [9.17, 15) is 14.0 Å². The molecule has 4 N–H and O–H groups in total. The summed E-state index contributed by atoms with van der Waals surface area (Å²) in [7, 11) is 0. The second kappa shape index (κ2) is 6.51. The van der Waals surface area contributed by atoms with Gasteiger partial charge in [-0.25, -0.2) is 9.18 Å². The lowest BCUT2D eigenvalue weighted by atomic mass is 10.1. The van der Waals surface area contributed by atoms with Crippen LogP contribution in [0.2, 0.25) is 0 Å². The third-order valence-corrected chi connectivity index (χ3v) is 2.76.